The molecule has 3 aromatic carbocycles. The zero-order chi connectivity index (χ0) is 75.5. The smallest absolute Gasteiger partial charge is 0.277 e. The summed E-state index contributed by atoms with van der Waals surface area (Å²) in [7, 11) is 0. The Balaban J connectivity index is 0.000000405. The first-order valence-electron chi connectivity index (χ1n) is 33.5. The van der Waals surface area contributed by atoms with Gasteiger partial charge in [0.2, 0.25) is 0 Å². The van der Waals surface area contributed by atoms with Gasteiger partial charge in [0.25, 0.3) is 0 Å². The minimum Gasteiger partial charge on any atom is -0.277 e. The Kier molecular flexibility index (Phi) is 42.2. The predicted octanol–water partition coefficient (Wildman–Crippen LogP) is 12.6. The number of hydrogen-bond acceptors (Lipinski definition) is 15. The molecule has 538 valence electrons. The van der Waals surface area contributed by atoms with Crippen LogP contribution in [0.15, 0.2) is 268 Å². The standard InChI is InChI=1S/2C12H13N3O.C11H11N3O.3C10H10N4O.5C2H6/c2*1-2-8-15-12(16)14(10-13-15)9-11-6-4-3-5-7-11;1-2-8-14-11(15)13(9-12-14)10-6-4-3-5-7-10;1-2-7-14-10(15)13(8-12-14)9-3-5-11-6-4-9;1-2-7-14-10(15)13(8-12-14)9-5-3-4-6-11-9;1-2-6-14-10(15)13(8-12-14)9-4-3-5-11-7-9;5*1-2/h2*2-8,10H,9H2,1H3;2-9H,1H3;3*2-8H,1H3;5*1-2H3/b3*8-2-;2*7-2-;6-2-;;;;;. The number of benzene rings is 3. The van der Waals surface area contributed by atoms with Crippen LogP contribution in [0.3, 0.4) is 0 Å². The molecule has 102 heavy (non-hydrogen) atoms. The highest BCUT2D eigenvalue weighted by Gasteiger charge is 2.09. The third-order valence-corrected chi connectivity index (χ3v) is 12.2. The fraction of sp³-hybridized carbons (Fsp3) is 0.240. The van der Waals surface area contributed by atoms with Gasteiger partial charge in [0, 0.05) is 62.0 Å². The molecule has 0 aliphatic heterocycles. The molecule has 9 aromatic heterocycles. The van der Waals surface area contributed by atoms with E-state index in [1.54, 1.807) is 163 Å². The Morgan fingerprint density at radius 1 is 0.284 bits per heavy atom. The van der Waals surface area contributed by atoms with Gasteiger partial charge in [-0.3, -0.25) is 19.1 Å². The number of rotatable bonds is 14. The van der Waals surface area contributed by atoms with Crippen molar-refractivity contribution in [3.8, 4) is 22.9 Å². The van der Waals surface area contributed by atoms with Crippen LogP contribution in [0.1, 0.15) is 122 Å². The van der Waals surface area contributed by atoms with E-state index in [-0.39, 0.29) is 34.1 Å². The van der Waals surface area contributed by atoms with Gasteiger partial charge in [-0.15, -0.1) is 0 Å². The largest absolute Gasteiger partial charge is 0.355 e. The summed E-state index contributed by atoms with van der Waals surface area (Å²) in [4.78, 5) is 82.4. The van der Waals surface area contributed by atoms with Crippen molar-refractivity contribution < 1.29 is 0 Å². The predicted molar refractivity (Wildman–Crippen MR) is 412 cm³/mol. The van der Waals surface area contributed by atoms with Crippen molar-refractivity contribution in [2.24, 2.45) is 0 Å². The lowest BCUT2D eigenvalue weighted by atomic mass is 10.2. The summed E-state index contributed by atoms with van der Waals surface area (Å²) < 4.78 is 16.7. The van der Waals surface area contributed by atoms with E-state index in [0.29, 0.717) is 24.6 Å². The van der Waals surface area contributed by atoms with Crippen molar-refractivity contribution in [3.63, 3.8) is 0 Å². The fourth-order valence-corrected chi connectivity index (χ4v) is 7.97. The van der Waals surface area contributed by atoms with E-state index >= 15 is 0 Å². The second kappa shape index (κ2) is 50.5. The van der Waals surface area contributed by atoms with Gasteiger partial charge in [-0.2, -0.15) is 58.7 Å². The minimum absolute atomic E-state index is 0.123. The molecule has 27 nitrogen and oxygen atoms in total. The molecule has 0 radical (unpaired) electrons. The van der Waals surface area contributed by atoms with Gasteiger partial charge < -0.3 is 0 Å². The highest BCUT2D eigenvalue weighted by Crippen LogP contribution is 2.05. The molecule has 0 saturated heterocycles. The fourth-order valence-electron chi connectivity index (χ4n) is 7.97. The van der Waals surface area contributed by atoms with E-state index in [2.05, 4.69) is 45.5 Å². The molecule has 9 heterocycles. The summed E-state index contributed by atoms with van der Waals surface area (Å²) >= 11 is 0. The monoisotopic (exact) mass is 1390 g/mol. The SMILES string of the molecule is C/C=C\n1ncn(-c2ccccc2)c1=O.C/C=C\n1ncn(-c2ccccn2)c1=O.C/C=C\n1ncn(-c2cccnc2)c1=O.C/C=C\n1ncn(-c2ccncc2)c1=O.C/C=C\n1ncn(Cc2ccccc2)c1=O.C/C=C\n1ncn(Cc2ccccc2)c1=O.CC.CC.CC.CC.CC. The van der Waals surface area contributed by atoms with Gasteiger partial charge >= 0.3 is 34.1 Å². The second-order valence-electron chi connectivity index (χ2n) is 18.7. The molecule has 0 bridgehead atoms. The Labute approximate surface area is 595 Å². The van der Waals surface area contributed by atoms with Gasteiger partial charge in [-0.25, -0.2) is 52.0 Å². The summed E-state index contributed by atoms with van der Waals surface area (Å²) in [5.74, 6) is 0.568. The van der Waals surface area contributed by atoms with Gasteiger partial charge in [-0.1, -0.05) is 191 Å². The van der Waals surface area contributed by atoms with Crippen LogP contribution in [0.25, 0.3) is 60.1 Å². The van der Waals surface area contributed by atoms with Crippen LogP contribution in [0.4, 0.5) is 0 Å². The zero-order valence-electron chi connectivity index (χ0n) is 61.2. The number of hydrogen-bond donors (Lipinski definition) is 0. The Morgan fingerprint density at radius 3 is 0.931 bits per heavy atom. The maximum atomic E-state index is 11.8. The van der Waals surface area contributed by atoms with E-state index < -0.39 is 0 Å². The van der Waals surface area contributed by atoms with E-state index in [1.807, 2.05) is 208 Å². The van der Waals surface area contributed by atoms with Crippen LogP contribution < -0.4 is 34.1 Å². The first-order valence-corrected chi connectivity index (χ1v) is 33.5. The van der Waals surface area contributed by atoms with E-state index in [1.165, 1.54) is 71.7 Å². The summed E-state index contributed by atoms with van der Waals surface area (Å²) in [6.45, 7) is 32.1. The third kappa shape index (κ3) is 26.9. The topological polar surface area (TPSA) is 278 Å². The molecule has 0 amide bonds. The number of allylic oxidation sites excluding steroid dienone is 6. The lowest BCUT2D eigenvalue weighted by Crippen LogP contribution is -2.22. The average molecular weight is 1390 g/mol. The van der Waals surface area contributed by atoms with Crippen molar-refractivity contribution in [1.29, 1.82) is 0 Å². The summed E-state index contributed by atoms with van der Waals surface area (Å²) in [6.07, 6.45) is 37.5. The van der Waals surface area contributed by atoms with Gasteiger partial charge in [0.15, 0.2) is 0 Å². The zero-order valence-corrected chi connectivity index (χ0v) is 61.2. The molecule has 0 atom stereocenters. The van der Waals surface area contributed by atoms with Crippen LogP contribution in [0.5, 0.6) is 0 Å². The first kappa shape index (κ1) is 85.3. The van der Waals surface area contributed by atoms with Crippen molar-refractivity contribution in [1.82, 2.24) is 101 Å². The molecular formula is C75H97N21O6. The number of pyridine rings is 3. The number of aromatic nitrogens is 21. The lowest BCUT2D eigenvalue weighted by molar-refractivity contribution is 0.748. The molecule has 12 rings (SSSR count). The maximum absolute atomic E-state index is 11.8. The van der Waals surface area contributed by atoms with Crippen molar-refractivity contribution in [2.45, 2.75) is 124 Å². The summed E-state index contributed by atoms with van der Waals surface area (Å²) in [5, 5.41) is 23.7. The van der Waals surface area contributed by atoms with E-state index in [4.69, 9.17) is 0 Å². The normalized spacial score (nSPS) is 10.2. The maximum Gasteiger partial charge on any atom is 0.355 e. The first-order chi connectivity index (χ1) is 49.9. The van der Waals surface area contributed by atoms with Crippen LogP contribution in [-0.4, -0.2) is 101 Å². The van der Waals surface area contributed by atoms with Crippen molar-refractivity contribution >= 4 is 37.2 Å². The highest BCUT2D eigenvalue weighted by molar-refractivity contribution is 5.33. The summed E-state index contributed by atoms with van der Waals surface area (Å²) in [5.41, 5.74) is 3.41. The van der Waals surface area contributed by atoms with Gasteiger partial charge in [0.1, 0.15) is 43.8 Å². The molecule has 0 fully saturated rings. The van der Waals surface area contributed by atoms with Crippen LogP contribution in [0.2, 0.25) is 0 Å². The van der Waals surface area contributed by atoms with E-state index in [9.17, 15) is 28.8 Å². The Morgan fingerprint density at radius 2 is 0.588 bits per heavy atom. The molecule has 0 N–H and O–H groups in total. The molecular weight excluding hydrogens is 1290 g/mol. The second-order valence-corrected chi connectivity index (χ2v) is 18.7. The Bertz CT molecular complexity index is 4230. The highest BCUT2D eigenvalue weighted by atomic mass is 16.2. The average Bonchev–Trinajstić information content (AvgIpc) is 1.73. The molecule has 27 heteroatoms. The quantitative estimate of drug-likeness (QED) is 0.0978. The van der Waals surface area contributed by atoms with Crippen LogP contribution >= 0.6 is 0 Å². The molecule has 0 aliphatic rings. The molecule has 0 unspecified atom stereocenters. The molecule has 0 spiro atoms. The number of para-hydroxylation sites is 1. The summed E-state index contributed by atoms with van der Waals surface area (Å²) in [6, 6.07) is 41.5. The van der Waals surface area contributed by atoms with Gasteiger partial charge in [0.05, 0.1) is 36.3 Å². The molecule has 0 aliphatic carbocycles. The van der Waals surface area contributed by atoms with Crippen molar-refractivity contribution in [3.05, 3.63) is 313 Å². The number of nitrogens with zero attached hydrogens (tertiary/aromatic N) is 21. The van der Waals surface area contributed by atoms with E-state index in [0.717, 1.165) is 22.5 Å². The Hall–Kier alpha value is -12.8. The van der Waals surface area contributed by atoms with Crippen molar-refractivity contribution in [2.75, 3.05) is 0 Å². The van der Waals surface area contributed by atoms with Crippen LogP contribution in [0, 0.1) is 0 Å². The van der Waals surface area contributed by atoms with Crippen LogP contribution in [-0.2, 0) is 13.1 Å². The minimum atomic E-state index is -0.230. The third-order valence-electron chi connectivity index (χ3n) is 12.2. The molecule has 12 aromatic rings. The lowest BCUT2D eigenvalue weighted by Gasteiger charge is -1.99. The molecule has 0 saturated carbocycles. The van der Waals surface area contributed by atoms with Gasteiger partial charge in [-0.05, 0) is 101 Å².